The molecule has 0 heterocycles. The van der Waals surface area contributed by atoms with Crippen molar-refractivity contribution in [1.82, 2.24) is 14.7 Å². The Balaban J connectivity index is 2.60. The van der Waals surface area contributed by atoms with Crippen molar-refractivity contribution in [3.8, 4) is 0 Å². The average molecular weight is 285 g/mol. The summed E-state index contributed by atoms with van der Waals surface area (Å²) in [7, 11) is 3.97. The number of likely N-dealkylation sites (N-methyl/N-ethyl adjacent to an activating group) is 1. The number of hydrogen-bond acceptors (Lipinski definition) is 3. The zero-order valence-electron chi connectivity index (χ0n) is 12.8. The van der Waals surface area contributed by atoms with Crippen molar-refractivity contribution in [3.63, 3.8) is 0 Å². The van der Waals surface area contributed by atoms with Gasteiger partial charge in [-0.15, -0.1) is 0 Å². The number of aliphatic carboxylic acids is 1. The van der Waals surface area contributed by atoms with Gasteiger partial charge in [0.25, 0.3) is 0 Å². The van der Waals surface area contributed by atoms with Crippen LogP contribution in [-0.4, -0.2) is 78.1 Å². The molecule has 6 nitrogen and oxygen atoms in total. The van der Waals surface area contributed by atoms with Gasteiger partial charge in [-0.2, -0.15) is 0 Å². The maximum Gasteiger partial charge on any atom is 0.320 e. The molecule has 0 saturated heterocycles. The van der Waals surface area contributed by atoms with Crippen LogP contribution >= 0.6 is 0 Å². The minimum absolute atomic E-state index is 0.00236. The summed E-state index contributed by atoms with van der Waals surface area (Å²) in [5.41, 5.74) is 0. The summed E-state index contributed by atoms with van der Waals surface area (Å²) in [4.78, 5) is 28.9. The molecule has 0 bridgehead atoms. The van der Waals surface area contributed by atoms with Gasteiger partial charge >= 0.3 is 12.0 Å². The van der Waals surface area contributed by atoms with E-state index in [4.69, 9.17) is 5.11 Å². The van der Waals surface area contributed by atoms with Crippen LogP contribution in [0.3, 0.4) is 0 Å². The van der Waals surface area contributed by atoms with E-state index in [9.17, 15) is 9.59 Å². The van der Waals surface area contributed by atoms with E-state index in [1.165, 1.54) is 0 Å². The Morgan fingerprint density at radius 2 is 1.75 bits per heavy atom. The first-order valence-corrected chi connectivity index (χ1v) is 7.37. The molecule has 0 atom stereocenters. The van der Waals surface area contributed by atoms with Gasteiger partial charge < -0.3 is 19.8 Å². The number of rotatable bonds is 9. The SMILES string of the molecule is CCCN(CCN(C)C)C(=O)N(CCC(=O)O)C1CC1. The first-order chi connectivity index (χ1) is 9.45. The molecule has 0 aromatic rings. The van der Waals surface area contributed by atoms with E-state index in [1.54, 1.807) is 4.90 Å². The van der Waals surface area contributed by atoms with Crippen LogP contribution in [-0.2, 0) is 4.79 Å². The first kappa shape index (κ1) is 16.8. The van der Waals surface area contributed by atoms with Gasteiger partial charge in [-0.1, -0.05) is 6.92 Å². The minimum Gasteiger partial charge on any atom is -0.481 e. The van der Waals surface area contributed by atoms with Crippen LogP contribution in [0.1, 0.15) is 32.6 Å². The Labute approximate surface area is 121 Å². The number of carboxylic acids is 1. The van der Waals surface area contributed by atoms with E-state index < -0.39 is 5.97 Å². The lowest BCUT2D eigenvalue weighted by atomic mass is 10.3. The zero-order chi connectivity index (χ0) is 15.1. The monoisotopic (exact) mass is 285 g/mol. The van der Waals surface area contributed by atoms with E-state index in [0.29, 0.717) is 13.1 Å². The van der Waals surface area contributed by atoms with Crippen molar-refractivity contribution < 1.29 is 14.7 Å². The maximum absolute atomic E-state index is 12.6. The normalized spacial score (nSPS) is 14.4. The number of hydrogen-bond donors (Lipinski definition) is 1. The predicted molar refractivity (Wildman–Crippen MR) is 77.8 cm³/mol. The molecule has 1 rings (SSSR count). The number of nitrogens with zero attached hydrogens (tertiary/aromatic N) is 3. The molecule has 0 spiro atoms. The van der Waals surface area contributed by atoms with Crippen LogP contribution in [0.2, 0.25) is 0 Å². The highest BCUT2D eigenvalue weighted by Crippen LogP contribution is 2.28. The summed E-state index contributed by atoms with van der Waals surface area (Å²) >= 11 is 0. The Morgan fingerprint density at radius 3 is 2.20 bits per heavy atom. The minimum atomic E-state index is -0.848. The number of carbonyl (C=O) groups is 2. The van der Waals surface area contributed by atoms with Gasteiger partial charge in [-0.05, 0) is 33.4 Å². The van der Waals surface area contributed by atoms with Gasteiger partial charge in [0.1, 0.15) is 0 Å². The Kier molecular flexibility index (Phi) is 6.78. The number of carboxylic acid groups (broad SMARTS) is 1. The van der Waals surface area contributed by atoms with E-state index in [0.717, 1.165) is 32.4 Å². The van der Waals surface area contributed by atoms with Crippen LogP contribution in [0.5, 0.6) is 0 Å². The van der Waals surface area contributed by atoms with Gasteiger partial charge in [0, 0.05) is 32.2 Å². The van der Waals surface area contributed by atoms with Crippen molar-refractivity contribution in [2.75, 3.05) is 40.3 Å². The lowest BCUT2D eigenvalue weighted by Crippen LogP contribution is -2.47. The van der Waals surface area contributed by atoms with Gasteiger partial charge in [0.05, 0.1) is 6.42 Å². The molecule has 0 unspecified atom stereocenters. The van der Waals surface area contributed by atoms with Crippen molar-refractivity contribution in [2.45, 2.75) is 38.6 Å². The lowest BCUT2D eigenvalue weighted by Gasteiger charge is -2.31. The number of amides is 2. The molecule has 6 heteroatoms. The molecule has 1 aliphatic carbocycles. The third-order valence-electron chi connectivity index (χ3n) is 3.38. The fourth-order valence-electron chi connectivity index (χ4n) is 2.11. The highest BCUT2D eigenvalue weighted by Gasteiger charge is 2.34. The Hall–Kier alpha value is -1.30. The lowest BCUT2D eigenvalue weighted by molar-refractivity contribution is -0.137. The molecule has 1 N–H and O–H groups in total. The van der Waals surface area contributed by atoms with Crippen molar-refractivity contribution in [1.29, 1.82) is 0 Å². The van der Waals surface area contributed by atoms with Gasteiger partial charge in [0.15, 0.2) is 0 Å². The predicted octanol–water partition coefficient (Wildman–Crippen LogP) is 1.32. The van der Waals surface area contributed by atoms with Gasteiger partial charge in [0.2, 0.25) is 0 Å². The van der Waals surface area contributed by atoms with Crippen LogP contribution in [0.15, 0.2) is 0 Å². The molecular weight excluding hydrogens is 258 g/mol. The van der Waals surface area contributed by atoms with Crippen molar-refractivity contribution in [2.24, 2.45) is 0 Å². The smallest absolute Gasteiger partial charge is 0.320 e. The molecule has 116 valence electrons. The molecule has 0 radical (unpaired) electrons. The Morgan fingerprint density at radius 1 is 1.10 bits per heavy atom. The summed E-state index contributed by atoms with van der Waals surface area (Å²) in [5, 5.41) is 8.81. The van der Waals surface area contributed by atoms with Crippen molar-refractivity contribution in [3.05, 3.63) is 0 Å². The fraction of sp³-hybridized carbons (Fsp3) is 0.857. The third kappa shape index (κ3) is 5.77. The zero-order valence-corrected chi connectivity index (χ0v) is 12.8. The quantitative estimate of drug-likeness (QED) is 0.694. The molecule has 20 heavy (non-hydrogen) atoms. The van der Waals surface area contributed by atoms with E-state index in [1.807, 2.05) is 19.0 Å². The molecule has 0 aromatic carbocycles. The van der Waals surface area contributed by atoms with Crippen LogP contribution < -0.4 is 0 Å². The van der Waals surface area contributed by atoms with Gasteiger partial charge in [-0.25, -0.2) is 4.79 Å². The highest BCUT2D eigenvalue weighted by atomic mass is 16.4. The summed E-state index contributed by atoms with van der Waals surface area (Å²) < 4.78 is 0. The maximum atomic E-state index is 12.6. The summed E-state index contributed by atoms with van der Waals surface area (Å²) in [6, 6.07) is 0.248. The molecule has 0 aromatic heterocycles. The van der Waals surface area contributed by atoms with Crippen molar-refractivity contribution >= 4 is 12.0 Å². The van der Waals surface area contributed by atoms with Gasteiger partial charge in [-0.3, -0.25) is 4.79 Å². The fourth-order valence-corrected chi connectivity index (χ4v) is 2.11. The average Bonchev–Trinajstić information content (AvgIpc) is 3.18. The molecule has 0 aliphatic heterocycles. The molecular formula is C14H27N3O3. The molecule has 1 aliphatic rings. The molecule has 1 fully saturated rings. The second-order valence-electron chi connectivity index (χ2n) is 5.64. The standard InChI is InChI=1S/C14H27N3O3/c1-4-8-16(11-10-15(2)3)14(20)17(12-5-6-12)9-7-13(18)19/h12H,4-11H2,1-3H3,(H,18,19). The molecule has 2 amide bonds. The van der Waals surface area contributed by atoms with Crippen LogP contribution in [0.4, 0.5) is 4.79 Å². The molecule has 1 saturated carbocycles. The van der Waals surface area contributed by atoms with E-state index >= 15 is 0 Å². The summed E-state index contributed by atoms with van der Waals surface area (Å²) in [6.45, 7) is 4.61. The second-order valence-corrected chi connectivity index (χ2v) is 5.64. The third-order valence-corrected chi connectivity index (χ3v) is 3.38. The highest BCUT2D eigenvalue weighted by molar-refractivity contribution is 5.76. The van der Waals surface area contributed by atoms with E-state index in [2.05, 4.69) is 11.8 Å². The topological polar surface area (TPSA) is 64.1 Å². The number of carbonyl (C=O) groups excluding carboxylic acids is 1. The van der Waals surface area contributed by atoms with Crippen LogP contribution in [0, 0.1) is 0 Å². The number of urea groups is 1. The summed E-state index contributed by atoms with van der Waals surface area (Å²) in [5.74, 6) is -0.848. The van der Waals surface area contributed by atoms with Crippen LogP contribution in [0.25, 0.3) is 0 Å². The largest absolute Gasteiger partial charge is 0.481 e. The first-order valence-electron chi connectivity index (χ1n) is 7.37. The Bertz CT molecular complexity index is 330. The van der Waals surface area contributed by atoms with E-state index in [-0.39, 0.29) is 18.5 Å². The second kappa shape index (κ2) is 8.09. The summed E-state index contributed by atoms with van der Waals surface area (Å²) in [6.07, 6.45) is 2.94.